The number of nitrogens with zero attached hydrogens (tertiary/aromatic N) is 2. The van der Waals surface area contributed by atoms with E-state index in [0.29, 0.717) is 22.1 Å². The van der Waals surface area contributed by atoms with E-state index in [1.807, 2.05) is 0 Å². The van der Waals surface area contributed by atoms with Crippen molar-refractivity contribution in [3.8, 4) is 10.6 Å². The van der Waals surface area contributed by atoms with Gasteiger partial charge in [-0.3, -0.25) is 4.79 Å². The highest BCUT2D eigenvalue weighted by Crippen LogP contribution is 2.30. The Balaban J connectivity index is 1.64. The minimum atomic E-state index is -0.675. The van der Waals surface area contributed by atoms with Crippen molar-refractivity contribution >= 4 is 17.2 Å². The molecular weight excluding hydrogens is 344 g/mol. The number of carbonyl (C=O) groups excluding carboxylic acids is 1. The molecule has 1 N–H and O–H groups in total. The highest BCUT2D eigenvalue weighted by atomic mass is 32.1. The van der Waals surface area contributed by atoms with Crippen LogP contribution >= 0.6 is 11.3 Å². The van der Waals surface area contributed by atoms with Crippen LogP contribution in [0.1, 0.15) is 34.6 Å². The van der Waals surface area contributed by atoms with Crippen molar-refractivity contribution in [2.24, 2.45) is 0 Å². The maximum Gasteiger partial charge on any atom is 0.263 e. The summed E-state index contributed by atoms with van der Waals surface area (Å²) in [6.45, 7) is 5.31. The van der Waals surface area contributed by atoms with Gasteiger partial charge in [0.05, 0.1) is 5.69 Å². The van der Waals surface area contributed by atoms with Gasteiger partial charge < -0.3 is 10.2 Å². The molecule has 0 atom stereocenters. The van der Waals surface area contributed by atoms with Crippen LogP contribution in [0.5, 0.6) is 0 Å². The monoisotopic (exact) mass is 365 g/mol. The van der Waals surface area contributed by atoms with Gasteiger partial charge in [-0.1, -0.05) is 6.42 Å². The van der Waals surface area contributed by atoms with E-state index in [1.165, 1.54) is 31.4 Å². The molecule has 7 heteroatoms. The first-order chi connectivity index (χ1) is 12.0. The molecule has 2 heterocycles. The van der Waals surface area contributed by atoms with Crippen molar-refractivity contribution in [1.29, 1.82) is 0 Å². The summed E-state index contributed by atoms with van der Waals surface area (Å²) in [5.41, 5.74) is 0.765. The summed E-state index contributed by atoms with van der Waals surface area (Å²) in [5.74, 6) is -1.50. The third-order valence-electron chi connectivity index (χ3n) is 4.33. The quantitative estimate of drug-likeness (QED) is 0.880. The van der Waals surface area contributed by atoms with E-state index in [-0.39, 0.29) is 11.5 Å². The van der Waals surface area contributed by atoms with E-state index in [2.05, 4.69) is 15.2 Å². The Kier molecular flexibility index (Phi) is 5.75. The minimum absolute atomic E-state index is 0.194. The van der Waals surface area contributed by atoms with Gasteiger partial charge in [0.2, 0.25) is 0 Å². The normalized spacial score (nSPS) is 15.3. The third-order valence-corrected chi connectivity index (χ3v) is 5.52. The van der Waals surface area contributed by atoms with Gasteiger partial charge in [-0.05, 0) is 45.0 Å². The second-order valence-electron chi connectivity index (χ2n) is 6.22. The average Bonchev–Trinajstić information content (AvgIpc) is 2.97. The van der Waals surface area contributed by atoms with Crippen LogP contribution in [0.3, 0.4) is 0 Å². The number of thiazole rings is 1. The number of benzene rings is 1. The third kappa shape index (κ3) is 4.41. The molecule has 1 saturated heterocycles. The number of halogens is 2. The smallest absolute Gasteiger partial charge is 0.263 e. The van der Waals surface area contributed by atoms with E-state index in [0.717, 1.165) is 37.0 Å². The van der Waals surface area contributed by atoms with Gasteiger partial charge in [-0.15, -0.1) is 11.3 Å². The maximum atomic E-state index is 13.9. The molecule has 2 aromatic rings. The van der Waals surface area contributed by atoms with Gasteiger partial charge in [0.1, 0.15) is 21.5 Å². The number of carbonyl (C=O) groups is 1. The molecule has 0 bridgehead atoms. The molecule has 3 rings (SSSR count). The summed E-state index contributed by atoms with van der Waals surface area (Å²) < 4.78 is 27.0. The first-order valence-corrected chi connectivity index (χ1v) is 9.29. The van der Waals surface area contributed by atoms with Crippen molar-refractivity contribution in [3.63, 3.8) is 0 Å². The van der Waals surface area contributed by atoms with Gasteiger partial charge >= 0.3 is 0 Å². The SMILES string of the molecule is Cc1nc(-c2ccc(F)cc2F)sc1C(=O)NCCN1CCCCC1. The Bertz CT molecular complexity index is 757. The Morgan fingerprint density at radius 1 is 1.28 bits per heavy atom. The largest absolute Gasteiger partial charge is 0.350 e. The molecule has 0 radical (unpaired) electrons. The van der Waals surface area contributed by atoms with Crippen molar-refractivity contribution in [1.82, 2.24) is 15.2 Å². The molecule has 1 aromatic heterocycles. The molecule has 0 spiro atoms. The van der Waals surface area contributed by atoms with Crippen molar-refractivity contribution in [2.45, 2.75) is 26.2 Å². The molecule has 0 unspecified atom stereocenters. The molecule has 1 aliphatic rings. The van der Waals surface area contributed by atoms with E-state index >= 15 is 0 Å². The zero-order chi connectivity index (χ0) is 17.8. The number of aryl methyl sites for hydroxylation is 1. The van der Waals surface area contributed by atoms with E-state index in [4.69, 9.17) is 0 Å². The lowest BCUT2D eigenvalue weighted by Crippen LogP contribution is -2.37. The van der Waals surface area contributed by atoms with E-state index in [1.54, 1.807) is 6.92 Å². The van der Waals surface area contributed by atoms with Crippen LogP contribution < -0.4 is 5.32 Å². The molecular formula is C18H21F2N3OS. The second kappa shape index (κ2) is 8.01. The number of aromatic nitrogens is 1. The zero-order valence-electron chi connectivity index (χ0n) is 14.1. The van der Waals surface area contributed by atoms with Crippen LogP contribution in [0.15, 0.2) is 18.2 Å². The summed E-state index contributed by atoms with van der Waals surface area (Å²) >= 11 is 1.13. The second-order valence-corrected chi connectivity index (χ2v) is 7.21. The number of amides is 1. The Morgan fingerprint density at radius 2 is 2.04 bits per heavy atom. The topological polar surface area (TPSA) is 45.2 Å². The standard InChI is InChI=1S/C18H21F2N3OS/c1-12-16(17(24)21-7-10-23-8-3-2-4-9-23)25-18(22-12)14-6-5-13(19)11-15(14)20/h5-6,11H,2-4,7-10H2,1H3,(H,21,24). The summed E-state index contributed by atoms with van der Waals surface area (Å²) in [6.07, 6.45) is 3.72. The van der Waals surface area contributed by atoms with Crippen LogP contribution in [0.25, 0.3) is 10.6 Å². The fourth-order valence-electron chi connectivity index (χ4n) is 2.98. The first kappa shape index (κ1) is 17.9. The number of hydrogen-bond acceptors (Lipinski definition) is 4. The molecule has 1 aromatic carbocycles. The lowest BCUT2D eigenvalue weighted by Gasteiger charge is -2.26. The summed E-state index contributed by atoms with van der Waals surface area (Å²) in [4.78, 5) is 19.5. The molecule has 1 amide bonds. The molecule has 25 heavy (non-hydrogen) atoms. The summed E-state index contributed by atoms with van der Waals surface area (Å²) in [5, 5.41) is 3.30. The number of nitrogens with one attached hydrogen (secondary N) is 1. The Hall–Kier alpha value is -1.86. The van der Waals surface area contributed by atoms with Gasteiger partial charge in [-0.2, -0.15) is 0 Å². The lowest BCUT2D eigenvalue weighted by molar-refractivity contribution is 0.0950. The van der Waals surface area contributed by atoms with Crippen LogP contribution in [0.2, 0.25) is 0 Å². The number of hydrogen-bond donors (Lipinski definition) is 1. The highest BCUT2D eigenvalue weighted by Gasteiger charge is 2.18. The zero-order valence-corrected chi connectivity index (χ0v) is 15.0. The van der Waals surface area contributed by atoms with E-state index in [9.17, 15) is 13.6 Å². The number of piperidine rings is 1. The fraction of sp³-hybridized carbons (Fsp3) is 0.444. The van der Waals surface area contributed by atoms with Gasteiger partial charge in [0, 0.05) is 24.7 Å². The van der Waals surface area contributed by atoms with Gasteiger partial charge in [-0.25, -0.2) is 13.8 Å². The summed E-state index contributed by atoms with van der Waals surface area (Å²) in [6, 6.07) is 3.36. The molecule has 1 fully saturated rings. The first-order valence-electron chi connectivity index (χ1n) is 8.48. The van der Waals surface area contributed by atoms with Crippen LogP contribution in [0.4, 0.5) is 8.78 Å². The lowest BCUT2D eigenvalue weighted by atomic mass is 10.1. The van der Waals surface area contributed by atoms with Gasteiger partial charge in [0.15, 0.2) is 0 Å². The summed E-state index contributed by atoms with van der Waals surface area (Å²) in [7, 11) is 0. The van der Waals surface area contributed by atoms with E-state index < -0.39 is 11.6 Å². The van der Waals surface area contributed by atoms with Gasteiger partial charge in [0.25, 0.3) is 5.91 Å². The maximum absolute atomic E-state index is 13.9. The van der Waals surface area contributed by atoms with Crippen molar-refractivity contribution in [3.05, 3.63) is 40.4 Å². The van der Waals surface area contributed by atoms with Crippen LogP contribution in [-0.4, -0.2) is 42.0 Å². The molecule has 1 aliphatic heterocycles. The molecule has 4 nitrogen and oxygen atoms in total. The molecule has 0 aliphatic carbocycles. The van der Waals surface area contributed by atoms with Crippen molar-refractivity contribution < 1.29 is 13.6 Å². The van der Waals surface area contributed by atoms with Crippen LogP contribution in [0, 0.1) is 18.6 Å². The minimum Gasteiger partial charge on any atom is -0.350 e. The van der Waals surface area contributed by atoms with Crippen LogP contribution in [-0.2, 0) is 0 Å². The average molecular weight is 365 g/mol. The predicted molar refractivity (Wildman–Crippen MR) is 94.8 cm³/mol. The Morgan fingerprint density at radius 3 is 2.76 bits per heavy atom. The number of rotatable bonds is 5. The highest BCUT2D eigenvalue weighted by molar-refractivity contribution is 7.17. The predicted octanol–water partition coefficient (Wildman–Crippen LogP) is 3.61. The number of likely N-dealkylation sites (tertiary alicyclic amines) is 1. The molecule has 0 saturated carbocycles. The fourth-order valence-corrected chi connectivity index (χ4v) is 3.99. The molecule has 134 valence electrons. The van der Waals surface area contributed by atoms with Crippen molar-refractivity contribution in [2.75, 3.05) is 26.2 Å². The Labute approximate surface area is 149 Å².